The Morgan fingerprint density at radius 1 is 0.863 bits per heavy atom. The summed E-state index contributed by atoms with van der Waals surface area (Å²) in [4.78, 5) is 40.1. The van der Waals surface area contributed by atoms with Gasteiger partial charge in [0.25, 0.3) is 0 Å². The first-order valence-corrected chi connectivity index (χ1v) is 19.9. The van der Waals surface area contributed by atoms with E-state index in [0.29, 0.717) is 49.4 Å². The topological polar surface area (TPSA) is 119 Å². The summed E-state index contributed by atoms with van der Waals surface area (Å²) in [7, 11) is 0. The fraction of sp³-hybridized carbons (Fsp3) is 0.525. The van der Waals surface area contributed by atoms with Crippen LogP contribution >= 0.6 is 11.8 Å². The van der Waals surface area contributed by atoms with Crippen LogP contribution in [0.5, 0.6) is 0 Å². The minimum absolute atomic E-state index is 0.0964. The summed E-state index contributed by atoms with van der Waals surface area (Å²) in [5.74, 6) is 2.67. The summed E-state index contributed by atoms with van der Waals surface area (Å²) < 4.78 is 0. The van der Waals surface area contributed by atoms with Crippen molar-refractivity contribution in [3.8, 4) is 0 Å². The Labute approximate surface area is 308 Å². The lowest BCUT2D eigenvalue weighted by molar-refractivity contribution is -0.131. The maximum absolute atomic E-state index is 13.0. The van der Waals surface area contributed by atoms with Crippen molar-refractivity contribution in [3.05, 3.63) is 66.4 Å². The minimum Gasteiger partial charge on any atom is -0.353 e. The molecule has 274 valence electrons. The zero-order chi connectivity index (χ0) is 35.7. The average Bonchev–Trinajstić information content (AvgIpc) is 3.92. The van der Waals surface area contributed by atoms with Crippen LogP contribution in [0.2, 0.25) is 0 Å². The number of carbonyl (C=O) groups is 2. The van der Waals surface area contributed by atoms with Crippen molar-refractivity contribution in [2.45, 2.75) is 114 Å². The molecule has 3 aromatic rings. The van der Waals surface area contributed by atoms with E-state index >= 15 is 0 Å². The first-order chi connectivity index (χ1) is 25.0. The number of allylic oxidation sites excluding steroid dienone is 4. The number of nitrogens with one attached hydrogen (secondary N) is 3. The highest BCUT2D eigenvalue weighted by Gasteiger charge is 2.29. The first-order valence-electron chi connectivity index (χ1n) is 19.1. The molecule has 0 atom stereocenters. The van der Waals surface area contributed by atoms with Crippen LogP contribution < -0.4 is 15.5 Å². The molecule has 10 nitrogen and oxygen atoms in total. The van der Waals surface area contributed by atoms with Gasteiger partial charge in [-0.3, -0.25) is 14.7 Å². The highest BCUT2D eigenvalue weighted by Crippen LogP contribution is 2.32. The Balaban J connectivity index is 1.04. The van der Waals surface area contributed by atoms with Gasteiger partial charge < -0.3 is 20.4 Å². The SMILES string of the molecule is CCCCC/C=C/C/C=C/CCCCCCCC(=O)N1CCN(c2cc(Nc3cc(C)[nH]n3)nc(Sc3ccc(NC(=O)C4CC4)cc3)n2)CC1. The van der Waals surface area contributed by atoms with Gasteiger partial charge in [0.2, 0.25) is 11.8 Å². The summed E-state index contributed by atoms with van der Waals surface area (Å²) in [5, 5.41) is 14.2. The summed E-state index contributed by atoms with van der Waals surface area (Å²) in [6.07, 6.45) is 24.8. The number of nitrogens with zero attached hydrogens (tertiary/aromatic N) is 5. The zero-order valence-corrected chi connectivity index (χ0v) is 31.4. The van der Waals surface area contributed by atoms with Crippen molar-refractivity contribution in [1.82, 2.24) is 25.1 Å². The van der Waals surface area contributed by atoms with Crippen molar-refractivity contribution >= 4 is 46.7 Å². The van der Waals surface area contributed by atoms with Crippen molar-refractivity contribution in [3.63, 3.8) is 0 Å². The van der Waals surface area contributed by atoms with Crippen LogP contribution in [0, 0.1) is 12.8 Å². The minimum atomic E-state index is 0.0964. The van der Waals surface area contributed by atoms with Gasteiger partial charge in [0.15, 0.2) is 11.0 Å². The van der Waals surface area contributed by atoms with E-state index in [2.05, 4.69) is 57.0 Å². The third-order valence-corrected chi connectivity index (χ3v) is 10.1. The van der Waals surface area contributed by atoms with E-state index in [0.717, 1.165) is 60.6 Å². The van der Waals surface area contributed by atoms with Gasteiger partial charge in [-0.2, -0.15) is 5.10 Å². The van der Waals surface area contributed by atoms with Gasteiger partial charge in [-0.05, 0) is 94.3 Å². The number of aromatic nitrogens is 4. The number of anilines is 4. The fourth-order valence-electron chi connectivity index (χ4n) is 6.03. The molecule has 1 saturated heterocycles. The van der Waals surface area contributed by atoms with Crippen molar-refractivity contribution in [2.24, 2.45) is 5.92 Å². The smallest absolute Gasteiger partial charge is 0.227 e. The second-order valence-electron chi connectivity index (χ2n) is 13.7. The van der Waals surface area contributed by atoms with Crippen LogP contribution in [0.25, 0.3) is 0 Å². The molecule has 2 aliphatic rings. The molecule has 11 heteroatoms. The van der Waals surface area contributed by atoms with E-state index in [4.69, 9.17) is 9.97 Å². The van der Waals surface area contributed by atoms with E-state index in [1.165, 1.54) is 56.7 Å². The Morgan fingerprint density at radius 2 is 1.57 bits per heavy atom. The molecule has 3 heterocycles. The lowest BCUT2D eigenvalue weighted by atomic mass is 10.1. The number of aryl methyl sites for hydroxylation is 1. The number of amides is 2. The van der Waals surface area contributed by atoms with Crippen molar-refractivity contribution < 1.29 is 9.59 Å². The first kappa shape index (κ1) is 38.1. The Bertz CT molecular complexity index is 1580. The monoisotopic (exact) mass is 712 g/mol. The van der Waals surface area contributed by atoms with Gasteiger partial charge in [-0.15, -0.1) is 0 Å². The molecular formula is C40H56N8O2S. The van der Waals surface area contributed by atoms with Crippen molar-refractivity contribution in [2.75, 3.05) is 41.7 Å². The molecule has 1 aliphatic carbocycles. The predicted molar refractivity (Wildman–Crippen MR) is 209 cm³/mol. The van der Waals surface area contributed by atoms with Gasteiger partial charge in [0, 0.05) is 66.9 Å². The van der Waals surface area contributed by atoms with E-state index in [-0.39, 0.29) is 17.7 Å². The molecule has 2 aromatic heterocycles. The number of rotatable bonds is 21. The van der Waals surface area contributed by atoms with Crippen molar-refractivity contribution in [1.29, 1.82) is 0 Å². The molecule has 0 unspecified atom stereocenters. The van der Waals surface area contributed by atoms with E-state index in [1.54, 1.807) is 0 Å². The Hall–Kier alpha value is -4.12. The number of piperazine rings is 1. The van der Waals surface area contributed by atoms with Gasteiger partial charge >= 0.3 is 0 Å². The van der Waals surface area contributed by atoms with Crippen LogP contribution in [0.15, 0.2) is 70.8 Å². The third kappa shape index (κ3) is 13.5. The highest BCUT2D eigenvalue weighted by atomic mass is 32.2. The summed E-state index contributed by atoms with van der Waals surface area (Å²) in [5.41, 5.74) is 1.75. The molecule has 0 radical (unpaired) electrons. The number of hydrogen-bond donors (Lipinski definition) is 3. The standard InChI is InChI=1S/C40H56N8O2S/c1-3-4-5-6-7-8-9-10-11-12-13-14-15-16-17-18-38(49)48-27-25-47(26-28-48)37-30-35(42-36-29-31(2)45-46-36)43-40(44-37)51-34-23-21-33(22-24-34)41-39(50)32-19-20-32/h7-8,10-11,21-24,29-30,32H,3-6,9,12-20,25-28H2,1-2H3,(H,41,50)(H2,42,43,44,45,46)/b8-7+,11-10+. The zero-order valence-electron chi connectivity index (χ0n) is 30.5. The Kier molecular flexibility index (Phi) is 15.4. The second-order valence-corrected chi connectivity index (χ2v) is 14.7. The molecule has 1 saturated carbocycles. The Morgan fingerprint density at radius 3 is 2.25 bits per heavy atom. The van der Waals surface area contributed by atoms with Gasteiger partial charge in [0.1, 0.15) is 11.6 Å². The van der Waals surface area contributed by atoms with Crippen LogP contribution in [-0.4, -0.2) is 63.1 Å². The molecule has 0 bridgehead atoms. The van der Waals surface area contributed by atoms with Crippen LogP contribution in [-0.2, 0) is 9.59 Å². The molecule has 0 spiro atoms. The summed E-state index contributed by atoms with van der Waals surface area (Å²) in [6.45, 7) is 6.99. The molecule has 2 amide bonds. The van der Waals surface area contributed by atoms with E-state index in [9.17, 15) is 9.59 Å². The molecule has 1 aliphatic heterocycles. The maximum atomic E-state index is 13.0. The largest absolute Gasteiger partial charge is 0.353 e. The predicted octanol–water partition coefficient (Wildman–Crippen LogP) is 9.21. The van der Waals surface area contributed by atoms with E-state index in [1.807, 2.05) is 48.2 Å². The fourth-order valence-corrected chi connectivity index (χ4v) is 6.80. The van der Waals surface area contributed by atoms with Crippen LogP contribution in [0.1, 0.15) is 103 Å². The molecule has 5 rings (SSSR count). The number of H-pyrrole nitrogens is 1. The lowest BCUT2D eigenvalue weighted by Crippen LogP contribution is -2.49. The second kappa shape index (κ2) is 20.7. The number of aromatic amines is 1. The summed E-state index contributed by atoms with van der Waals surface area (Å²) in [6, 6.07) is 11.7. The summed E-state index contributed by atoms with van der Waals surface area (Å²) >= 11 is 1.47. The quantitative estimate of drug-likeness (QED) is 0.0568. The molecule has 51 heavy (non-hydrogen) atoms. The highest BCUT2D eigenvalue weighted by molar-refractivity contribution is 7.99. The number of benzene rings is 1. The number of unbranched alkanes of at least 4 members (excludes halogenated alkanes) is 8. The van der Waals surface area contributed by atoms with Crippen LogP contribution in [0.3, 0.4) is 0 Å². The lowest BCUT2D eigenvalue weighted by Gasteiger charge is -2.35. The molecule has 3 N–H and O–H groups in total. The number of hydrogen-bond acceptors (Lipinski definition) is 8. The molecule has 1 aromatic carbocycles. The van der Waals surface area contributed by atoms with Gasteiger partial charge in [-0.1, -0.05) is 63.3 Å². The van der Waals surface area contributed by atoms with Crippen LogP contribution in [0.4, 0.5) is 23.1 Å². The molecule has 2 fully saturated rings. The molecular weight excluding hydrogens is 657 g/mol. The van der Waals surface area contributed by atoms with Gasteiger partial charge in [0.05, 0.1) is 0 Å². The normalized spacial score (nSPS) is 14.9. The average molecular weight is 713 g/mol. The van der Waals surface area contributed by atoms with E-state index < -0.39 is 0 Å². The maximum Gasteiger partial charge on any atom is 0.227 e. The van der Waals surface area contributed by atoms with Gasteiger partial charge in [-0.25, -0.2) is 9.97 Å². The number of carbonyl (C=O) groups excluding carboxylic acids is 2. The third-order valence-electron chi connectivity index (χ3n) is 9.23.